The lowest BCUT2D eigenvalue weighted by molar-refractivity contribution is -0.161. The lowest BCUT2D eigenvalue weighted by atomic mass is 10.0. The molecule has 0 spiro atoms. The number of ketones is 1. The second kappa shape index (κ2) is 40.0. The lowest BCUT2D eigenvalue weighted by Gasteiger charge is -2.20. The smallest absolute Gasteiger partial charge is 0.462 e. The normalized spacial score (nSPS) is 13.9. The Kier molecular flexibility index (Phi) is 38.6. The molecule has 56 heavy (non-hydrogen) atoms. The van der Waals surface area contributed by atoms with Crippen LogP contribution in [0.15, 0.2) is 24.3 Å². The van der Waals surface area contributed by atoms with E-state index in [1.807, 2.05) is 12.2 Å². The molecule has 0 aromatic carbocycles. The molecule has 0 radical (unpaired) electrons. The monoisotopic (exact) mass is 814 g/mol. The molecule has 3 unspecified atom stereocenters. The number of unbranched alkanes of at least 4 members (excludes halogenated alkanes) is 24. The molecule has 0 amide bonds. The Morgan fingerprint density at radius 2 is 0.893 bits per heavy atom. The Labute approximate surface area is 342 Å². The maximum Gasteiger partial charge on any atom is 0.472 e. The highest BCUT2D eigenvalue weighted by Crippen LogP contribution is 2.43. The summed E-state index contributed by atoms with van der Waals surface area (Å²) in [5.41, 5.74) is 5.58. The quantitative estimate of drug-likeness (QED) is 0.0264. The number of ether oxygens (including phenoxy) is 2. The molecular weight excluding hydrogens is 729 g/mol. The number of rotatable bonds is 42. The van der Waals surface area contributed by atoms with Crippen molar-refractivity contribution in [1.82, 2.24) is 0 Å². The predicted molar refractivity (Wildman–Crippen MR) is 229 cm³/mol. The van der Waals surface area contributed by atoms with Gasteiger partial charge >= 0.3 is 19.8 Å². The van der Waals surface area contributed by atoms with Gasteiger partial charge in [-0.1, -0.05) is 179 Å². The maximum absolute atomic E-state index is 12.6. The number of nitrogens with two attached hydrogens (primary N) is 1. The molecule has 11 heteroatoms. The van der Waals surface area contributed by atoms with Gasteiger partial charge in [-0.15, -0.1) is 0 Å². The van der Waals surface area contributed by atoms with Crippen LogP contribution in [0.3, 0.4) is 0 Å². The number of Topliss-reactive ketones (excluding diaryl/α,β-unsaturated/α-hetero) is 1. The second-order valence-corrected chi connectivity index (χ2v) is 16.9. The first kappa shape index (κ1) is 54.2. The highest BCUT2D eigenvalue weighted by molar-refractivity contribution is 7.47. The summed E-state index contributed by atoms with van der Waals surface area (Å²) in [5.74, 6) is -1.43. The van der Waals surface area contributed by atoms with E-state index in [0.717, 1.165) is 25.7 Å². The number of allylic oxidation sites excluding steroid dienone is 4. The van der Waals surface area contributed by atoms with Crippen molar-refractivity contribution in [2.24, 2.45) is 5.73 Å². The summed E-state index contributed by atoms with van der Waals surface area (Å²) in [5, 5.41) is 0. The highest BCUT2D eigenvalue weighted by Gasteiger charge is 2.27. The van der Waals surface area contributed by atoms with E-state index in [2.05, 4.69) is 26.0 Å². The Hall–Kier alpha value is -1.84. The first-order valence-electron chi connectivity index (χ1n) is 22.6. The van der Waals surface area contributed by atoms with Gasteiger partial charge in [0.1, 0.15) is 12.4 Å². The van der Waals surface area contributed by atoms with Crippen molar-refractivity contribution in [3.05, 3.63) is 24.3 Å². The number of phosphoric ester groups is 1. The average molecular weight is 814 g/mol. The molecule has 0 aromatic heterocycles. The minimum Gasteiger partial charge on any atom is -0.462 e. The van der Waals surface area contributed by atoms with E-state index in [0.29, 0.717) is 12.8 Å². The molecule has 0 bridgehead atoms. The van der Waals surface area contributed by atoms with Crippen LogP contribution in [0, 0.1) is 0 Å². The van der Waals surface area contributed by atoms with Gasteiger partial charge in [0.2, 0.25) is 0 Å². The summed E-state index contributed by atoms with van der Waals surface area (Å²) in [6.07, 6.45) is 41.7. The molecule has 10 nitrogen and oxygen atoms in total. The van der Waals surface area contributed by atoms with Crippen LogP contribution in [-0.4, -0.2) is 54.6 Å². The van der Waals surface area contributed by atoms with Crippen LogP contribution >= 0.6 is 7.82 Å². The lowest BCUT2D eigenvalue weighted by Crippen LogP contribution is -2.33. The Balaban J connectivity index is 4.41. The van der Waals surface area contributed by atoms with Gasteiger partial charge in [-0.05, 0) is 45.4 Å². The van der Waals surface area contributed by atoms with E-state index >= 15 is 0 Å². The van der Waals surface area contributed by atoms with Gasteiger partial charge in [-0.3, -0.25) is 23.4 Å². The van der Waals surface area contributed by atoms with Crippen LogP contribution in [0.4, 0.5) is 0 Å². The molecule has 0 aliphatic heterocycles. The fraction of sp³-hybridized carbons (Fsp3) is 0.844. The Bertz CT molecular complexity index is 1050. The summed E-state index contributed by atoms with van der Waals surface area (Å²) < 4.78 is 33.0. The number of carbonyl (C=O) groups excluding carboxylic acids is 3. The zero-order valence-electron chi connectivity index (χ0n) is 36.0. The molecule has 3 atom stereocenters. The van der Waals surface area contributed by atoms with E-state index in [1.54, 1.807) is 0 Å². The molecule has 0 heterocycles. The van der Waals surface area contributed by atoms with Gasteiger partial charge in [0.05, 0.1) is 19.3 Å². The number of phosphoric acid groups is 1. The molecule has 328 valence electrons. The predicted octanol–water partition coefficient (Wildman–Crippen LogP) is 12.3. The number of esters is 2. The van der Waals surface area contributed by atoms with Gasteiger partial charge < -0.3 is 20.1 Å². The molecule has 0 fully saturated rings. The van der Waals surface area contributed by atoms with Crippen molar-refractivity contribution < 1.29 is 42.4 Å². The molecule has 0 saturated carbocycles. The van der Waals surface area contributed by atoms with Crippen LogP contribution in [-0.2, 0) is 37.5 Å². The summed E-state index contributed by atoms with van der Waals surface area (Å²) in [6.45, 7) is 4.35. The fourth-order valence-corrected chi connectivity index (χ4v) is 6.98. The van der Waals surface area contributed by atoms with Crippen molar-refractivity contribution in [2.75, 3.05) is 19.8 Å². The van der Waals surface area contributed by atoms with Crippen molar-refractivity contribution >= 4 is 25.5 Å². The molecular formula is C45H84NO9P. The standard InChI is InChI=1S/C45H84NO9P/c1-4-6-8-10-12-14-16-18-20-21-23-25-27-29-31-33-35-37-45(49)55-42(39-53-56(50,51)54-40-43(46)41(3)47)38-52-44(48)36-34-32-30-28-26-24-22-19-17-15-13-11-9-7-5-2/h30-33,42-43H,4-29,34-40,46H2,1-3H3,(H,50,51)/b32-30-,33-31-. The van der Waals surface area contributed by atoms with Gasteiger partial charge in [0.15, 0.2) is 6.10 Å². The van der Waals surface area contributed by atoms with Crippen molar-refractivity contribution in [3.63, 3.8) is 0 Å². The summed E-state index contributed by atoms with van der Waals surface area (Å²) in [6, 6.07) is -1.08. The van der Waals surface area contributed by atoms with Crippen LogP contribution in [0.2, 0.25) is 0 Å². The zero-order chi connectivity index (χ0) is 41.4. The molecule has 3 N–H and O–H groups in total. The first-order valence-corrected chi connectivity index (χ1v) is 24.1. The van der Waals surface area contributed by atoms with E-state index in [-0.39, 0.29) is 19.4 Å². The maximum atomic E-state index is 12.6. The second-order valence-electron chi connectivity index (χ2n) is 15.4. The molecule has 0 saturated heterocycles. The van der Waals surface area contributed by atoms with Gasteiger partial charge in [-0.2, -0.15) is 0 Å². The summed E-state index contributed by atoms with van der Waals surface area (Å²) in [7, 11) is -4.62. The third-order valence-electron chi connectivity index (χ3n) is 9.90. The minimum atomic E-state index is -4.62. The zero-order valence-corrected chi connectivity index (χ0v) is 36.9. The van der Waals surface area contributed by atoms with Gasteiger partial charge in [-0.25, -0.2) is 4.57 Å². The molecule has 0 aromatic rings. The van der Waals surface area contributed by atoms with Gasteiger partial charge in [0, 0.05) is 12.8 Å². The molecule has 0 aliphatic carbocycles. The van der Waals surface area contributed by atoms with E-state index in [4.69, 9.17) is 24.3 Å². The van der Waals surface area contributed by atoms with Crippen LogP contribution in [0.25, 0.3) is 0 Å². The SMILES string of the molecule is CCCCCCCCCCCCC/C=C\CCC(=O)OCC(COP(=O)(O)OCC(N)C(C)=O)OC(=O)CC/C=C\CCCCCCCCCCCCCCC. The van der Waals surface area contributed by atoms with Crippen LogP contribution < -0.4 is 5.73 Å². The number of carbonyl (C=O) groups is 3. The van der Waals surface area contributed by atoms with Crippen molar-refractivity contribution in [3.8, 4) is 0 Å². The Morgan fingerprint density at radius 1 is 0.536 bits per heavy atom. The Morgan fingerprint density at radius 3 is 1.30 bits per heavy atom. The fourth-order valence-electron chi connectivity index (χ4n) is 6.21. The van der Waals surface area contributed by atoms with E-state index in [9.17, 15) is 23.8 Å². The van der Waals surface area contributed by atoms with Gasteiger partial charge in [0.25, 0.3) is 0 Å². The molecule has 0 aliphatic rings. The van der Waals surface area contributed by atoms with E-state index < -0.39 is 50.9 Å². The summed E-state index contributed by atoms with van der Waals surface area (Å²) in [4.78, 5) is 46.5. The minimum absolute atomic E-state index is 0.101. The third-order valence-corrected chi connectivity index (χ3v) is 10.9. The van der Waals surface area contributed by atoms with E-state index in [1.165, 1.54) is 148 Å². The van der Waals surface area contributed by atoms with Crippen LogP contribution in [0.5, 0.6) is 0 Å². The topological polar surface area (TPSA) is 151 Å². The molecule has 0 rings (SSSR count). The number of hydrogen-bond donors (Lipinski definition) is 2. The first-order chi connectivity index (χ1) is 27.1. The highest BCUT2D eigenvalue weighted by atomic mass is 31.2. The third kappa shape index (κ3) is 39.0. The van der Waals surface area contributed by atoms with Crippen molar-refractivity contribution in [2.45, 2.75) is 226 Å². The summed E-state index contributed by atoms with van der Waals surface area (Å²) >= 11 is 0. The van der Waals surface area contributed by atoms with Crippen molar-refractivity contribution in [1.29, 1.82) is 0 Å². The average Bonchev–Trinajstić information content (AvgIpc) is 3.17. The largest absolute Gasteiger partial charge is 0.472 e. The number of hydrogen-bond acceptors (Lipinski definition) is 9. The van der Waals surface area contributed by atoms with Crippen LogP contribution in [0.1, 0.15) is 213 Å².